The van der Waals surface area contributed by atoms with Crippen LogP contribution in [0, 0.1) is 5.82 Å². The Balaban J connectivity index is 2.21. The molecule has 0 aliphatic carbocycles. The Morgan fingerprint density at radius 1 is 1.33 bits per heavy atom. The third-order valence-electron chi connectivity index (χ3n) is 2.25. The number of anilines is 2. The number of carbonyl (C=O) groups is 1. The second-order valence-corrected chi connectivity index (χ2v) is 3.59. The number of nitrogen functional groups attached to an aromatic ring is 1. The van der Waals surface area contributed by atoms with Crippen LogP contribution in [0.3, 0.4) is 0 Å². The molecule has 2 aromatic rings. The van der Waals surface area contributed by atoms with Crippen molar-refractivity contribution in [2.45, 2.75) is 0 Å². The smallest absolute Gasteiger partial charge is 0.259 e. The summed E-state index contributed by atoms with van der Waals surface area (Å²) < 4.78 is 13.0. The molecule has 4 N–H and O–H groups in total. The zero-order valence-corrected chi connectivity index (χ0v) is 9.22. The summed E-state index contributed by atoms with van der Waals surface area (Å²) in [4.78, 5) is 15.6. The minimum absolute atomic E-state index is 0.146. The molecular formula is C12H10FN3O2. The Bertz CT molecular complexity index is 584. The molecule has 1 aromatic carbocycles. The predicted molar refractivity (Wildman–Crippen MR) is 64.7 cm³/mol. The quantitative estimate of drug-likeness (QED) is 0.754. The van der Waals surface area contributed by atoms with Gasteiger partial charge in [-0.15, -0.1) is 0 Å². The van der Waals surface area contributed by atoms with Gasteiger partial charge in [0.25, 0.3) is 5.91 Å². The van der Waals surface area contributed by atoms with Gasteiger partial charge in [-0.2, -0.15) is 0 Å². The predicted octanol–water partition coefficient (Wildman–Crippen LogP) is 1.76. The number of pyridine rings is 1. The van der Waals surface area contributed by atoms with E-state index in [1.54, 1.807) is 6.07 Å². The normalized spacial score (nSPS) is 10.1. The Kier molecular flexibility index (Phi) is 3.09. The number of benzene rings is 1. The van der Waals surface area contributed by atoms with Crippen molar-refractivity contribution in [2.75, 3.05) is 11.1 Å². The van der Waals surface area contributed by atoms with Crippen molar-refractivity contribution >= 4 is 17.4 Å². The lowest BCUT2D eigenvalue weighted by Crippen LogP contribution is -2.12. The fraction of sp³-hybridized carbons (Fsp3) is 0. The van der Waals surface area contributed by atoms with Crippen LogP contribution in [0.2, 0.25) is 0 Å². The van der Waals surface area contributed by atoms with Gasteiger partial charge < -0.3 is 16.2 Å². The summed E-state index contributed by atoms with van der Waals surface area (Å²) in [5, 5.41) is 11.9. The molecule has 0 bridgehead atoms. The van der Waals surface area contributed by atoms with Crippen LogP contribution in [0.25, 0.3) is 0 Å². The number of amides is 1. The highest BCUT2D eigenvalue weighted by Crippen LogP contribution is 2.19. The van der Waals surface area contributed by atoms with Crippen molar-refractivity contribution in [1.29, 1.82) is 0 Å². The molecule has 1 heterocycles. The average molecular weight is 247 g/mol. The van der Waals surface area contributed by atoms with Crippen LogP contribution in [-0.2, 0) is 0 Å². The summed E-state index contributed by atoms with van der Waals surface area (Å²) in [5.41, 5.74) is 5.65. The maximum Gasteiger partial charge on any atom is 0.259 e. The van der Waals surface area contributed by atoms with Gasteiger partial charge in [-0.05, 0) is 30.3 Å². The summed E-state index contributed by atoms with van der Waals surface area (Å²) in [6, 6.07) is 6.20. The Hall–Kier alpha value is -2.63. The number of nitrogens with zero attached hydrogens (tertiary/aromatic N) is 1. The van der Waals surface area contributed by atoms with Crippen molar-refractivity contribution in [3.63, 3.8) is 0 Å². The van der Waals surface area contributed by atoms with Crippen molar-refractivity contribution < 1.29 is 14.3 Å². The van der Waals surface area contributed by atoms with Gasteiger partial charge in [-0.25, -0.2) is 9.37 Å². The summed E-state index contributed by atoms with van der Waals surface area (Å²) >= 11 is 0. The molecule has 6 heteroatoms. The van der Waals surface area contributed by atoms with Gasteiger partial charge in [0.1, 0.15) is 17.4 Å². The van der Waals surface area contributed by atoms with E-state index in [1.165, 1.54) is 12.3 Å². The minimum atomic E-state index is -0.626. The number of carbonyl (C=O) groups excluding carboxylic acids is 1. The number of phenols is 1. The Morgan fingerprint density at radius 3 is 2.78 bits per heavy atom. The molecule has 0 saturated carbocycles. The van der Waals surface area contributed by atoms with Crippen LogP contribution in [0.15, 0.2) is 36.5 Å². The third-order valence-corrected chi connectivity index (χ3v) is 2.25. The highest BCUT2D eigenvalue weighted by molar-refractivity contribution is 6.06. The van der Waals surface area contributed by atoms with Gasteiger partial charge in [-0.1, -0.05) is 0 Å². The van der Waals surface area contributed by atoms with E-state index >= 15 is 0 Å². The summed E-state index contributed by atoms with van der Waals surface area (Å²) in [6.45, 7) is 0. The highest BCUT2D eigenvalue weighted by Gasteiger charge is 2.12. The first-order valence-corrected chi connectivity index (χ1v) is 5.07. The fourth-order valence-electron chi connectivity index (χ4n) is 1.37. The Morgan fingerprint density at radius 2 is 2.11 bits per heavy atom. The molecule has 0 saturated heterocycles. The van der Waals surface area contributed by atoms with E-state index in [1.807, 2.05) is 0 Å². The second kappa shape index (κ2) is 4.70. The molecule has 18 heavy (non-hydrogen) atoms. The van der Waals surface area contributed by atoms with Crippen molar-refractivity contribution in [2.24, 2.45) is 0 Å². The summed E-state index contributed by atoms with van der Waals surface area (Å²) in [6.07, 6.45) is 1.36. The molecule has 0 aliphatic rings. The first-order valence-electron chi connectivity index (χ1n) is 5.07. The van der Waals surface area contributed by atoms with Gasteiger partial charge >= 0.3 is 0 Å². The van der Waals surface area contributed by atoms with E-state index in [2.05, 4.69) is 10.3 Å². The van der Waals surface area contributed by atoms with E-state index < -0.39 is 11.7 Å². The van der Waals surface area contributed by atoms with Gasteiger partial charge in [0.05, 0.1) is 17.4 Å². The number of hydrogen-bond donors (Lipinski definition) is 3. The van der Waals surface area contributed by atoms with E-state index in [9.17, 15) is 14.3 Å². The molecule has 5 nitrogen and oxygen atoms in total. The standard InChI is InChI=1S/C12H10FN3O2/c13-7-1-3-10(17)9(5-7)12(18)16-8-2-4-11(14)15-6-8/h1-6,17H,(H2,14,15)(H,16,18). The van der Waals surface area contributed by atoms with E-state index in [0.29, 0.717) is 11.5 Å². The van der Waals surface area contributed by atoms with Gasteiger partial charge in [0.2, 0.25) is 0 Å². The lowest BCUT2D eigenvalue weighted by atomic mass is 10.2. The number of phenolic OH excluding ortho intramolecular Hbond substituents is 1. The highest BCUT2D eigenvalue weighted by atomic mass is 19.1. The molecule has 1 aromatic heterocycles. The summed E-state index contributed by atoms with van der Waals surface area (Å²) in [5.74, 6) is -1.20. The van der Waals surface area contributed by atoms with Gasteiger partial charge in [0.15, 0.2) is 0 Å². The largest absolute Gasteiger partial charge is 0.507 e. The zero-order valence-electron chi connectivity index (χ0n) is 9.22. The molecule has 0 unspecified atom stereocenters. The molecule has 0 spiro atoms. The SMILES string of the molecule is Nc1ccc(NC(=O)c2cc(F)ccc2O)cn1. The number of nitrogens with two attached hydrogens (primary N) is 1. The van der Waals surface area contributed by atoms with Crippen LogP contribution >= 0.6 is 0 Å². The van der Waals surface area contributed by atoms with Crippen LogP contribution in [0.5, 0.6) is 5.75 Å². The monoisotopic (exact) mass is 247 g/mol. The first kappa shape index (κ1) is 11.8. The molecule has 0 atom stereocenters. The lowest BCUT2D eigenvalue weighted by molar-refractivity contribution is 0.102. The van der Waals surface area contributed by atoms with Gasteiger partial charge in [-0.3, -0.25) is 4.79 Å². The molecular weight excluding hydrogens is 237 g/mol. The molecule has 1 amide bonds. The van der Waals surface area contributed by atoms with Crippen LogP contribution in [0.4, 0.5) is 15.9 Å². The Labute approximate surface area is 102 Å². The number of rotatable bonds is 2. The molecule has 0 fully saturated rings. The molecule has 0 aliphatic heterocycles. The maximum absolute atomic E-state index is 13.0. The number of aromatic hydroxyl groups is 1. The minimum Gasteiger partial charge on any atom is -0.507 e. The van der Waals surface area contributed by atoms with Crippen LogP contribution < -0.4 is 11.1 Å². The summed E-state index contributed by atoms with van der Waals surface area (Å²) in [7, 11) is 0. The van der Waals surface area contributed by atoms with Crippen LogP contribution in [0.1, 0.15) is 10.4 Å². The molecule has 2 rings (SSSR count). The average Bonchev–Trinajstić information content (AvgIpc) is 2.35. The zero-order chi connectivity index (χ0) is 13.1. The van der Waals surface area contributed by atoms with Gasteiger partial charge in [0, 0.05) is 0 Å². The topological polar surface area (TPSA) is 88.2 Å². The number of hydrogen-bond acceptors (Lipinski definition) is 4. The molecule has 0 radical (unpaired) electrons. The number of nitrogens with one attached hydrogen (secondary N) is 1. The van der Waals surface area contributed by atoms with Crippen molar-refractivity contribution in [3.8, 4) is 5.75 Å². The van der Waals surface area contributed by atoms with Crippen LogP contribution in [-0.4, -0.2) is 16.0 Å². The fourth-order valence-corrected chi connectivity index (χ4v) is 1.37. The maximum atomic E-state index is 13.0. The molecule has 92 valence electrons. The van der Waals surface area contributed by atoms with Crippen molar-refractivity contribution in [1.82, 2.24) is 4.98 Å². The second-order valence-electron chi connectivity index (χ2n) is 3.59. The van der Waals surface area contributed by atoms with Crippen molar-refractivity contribution in [3.05, 3.63) is 47.9 Å². The third kappa shape index (κ3) is 2.54. The van der Waals surface area contributed by atoms with E-state index in [4.69, 9.17) is 5.73 Å². The van der Waals surface area contributed by atoms with E-state index in [-0.39, 0.29) is 11.3 Å². The number of aromatic nitrogens is 1. The lowest BCUT2D eigenvalue weighted by Gasteiger charge is -2.06. The number of halogens is 1. The first-order chi connectivity index (χ1) is 8.56. The van der Waals surface area contributed by atoms with E-state index in [0.717, 1.165) is 18.2 Å².